The van der Waals surface area contributed by atoms with Gasteiger partial charge in [-0.15, -0.1) is 11.3 Å². The molecule has 7 nitrogen and oxygen atoms in total. The number of hydrogen-bond acceptors (Lipinski definition) is 8. The quantitative estimate of drug-likeness (QED) is 0.589. The van der Waals surface area contributed by atoms with E-state index in [0.29, 0.717) is 19.2 Å². The molecule has 162 valence electrons. The van der Waals surface area contributed by atoms with Crippen LogP contribution in [0.25, 0.3) is 10.6 Å². The summed E-state index contributed by atoms with van der Waals surface area (Å²) < 4.78 is 12.2. The molecule has 8 heteroatoms. The number of thiophene rings is 1. The average molecular weight is 438 g/mol. The fraction of sp³-hybridized carbons (Fsp3) is 0.391. The van der Waals surface area contributed by atoms with Crippen molar-refractivity contribution in [3.63, 3.8) is 0 Å². The van der Waals surface area contributed by atoms with Crippen LogP contribution >= 0.6 is 11.3 Å². The number of ether oxygens (including phenoxy) is 2. The summed E-state index contributed by atoms with van der Waals surface area (Å²) in [5, 5.41) is 9.09. The van der Waals surface area contributed by atoms with E-state index in [1.165, 1.54) is 11.3 Å². The highest BCUT2D eigenvalue weighted by Gasteiger charge is 2.47. The van der Waals surface area contributed by atoms with Crippen LogP contribution in [0.5, 0.6) is 0 Å². The van der Waals surface area contributed by atoms with Crippen molar-refractivity contribution in [1.82, 2.24) is 15.3 Å². The van der Waals surface area contributed by atoms with E-state index in [4.69, 9.17) is 9.47 Å². The Morgan fingerprint density at radius 3 is 2.55 bits per heavy atom. The number of fused-ring (bicyclic) bond motifs is 1. The molecule has 4 heterocycles. The van der Waals surface area contributed by atoms with Crippen LogP contribution in [0.4, 0.5) is 11.6 Å². The van der Waals surface area contributed by atoms with E-state index >= 15 is 0 Å². The first-order valence-corrected chi connectivity index (χ1v) is 11.4. The van der Waals surface area contributed by atoms with E-state index < -0.39 is 0 Å². The topological polar surface area (TPSA) is 71.5 Å². The summed E-state index contributed by atoms with van der Waals surface area (Å²) in [6.07, 6.45) is 1.81. The van der Waals surface area contributed by atoms with Crippen LogP contribution in [0.15, 0.2) is 54.0 Å². The lowest BCUT2D eigenvalue weighted by Crippen LogP contribution is -2.41. The lowest BCUT2D eigenvalue weighted by atomic mass is 10.1. The van der Waals surface area contributed by atoms with Gasteiger partial charge >= 0.3 is 0 Å². The Labute approximate surface area is 186 Å². The number of rotatable bonds is 7. The van der Waals surface area contributed by atoms with Gasteiger partial charge in [0, 0.05) is 32.5 Å². The summed E-state index contributed by atoms with van der Waals surface area (Å²) in [7, 11) is 4.10. The standard InChI is InChI=1S/C23H27N5O2S/c1-28(2)16-7-5-15(6-8-16)12-25-18-13-29-22-19(14-30-21(18)22)27-23-24-10-9-17(26-23)20-4-3-11-31-20/h3-11,18-19,21-22,25H,12-14H2,1-2H3,(H,24,26,27). The Balaban J connectivity index is 1.18. The summed E-state index contributed by atoms with van der Waals surface area (Å²) in [4.78, 5) is 12.3. The molecule has 0 aliphatic carbocycles. The maximum Gasteiger partial charge on any atom is 0.223 e. The smallest absolute Gasteiger partial charge is 0.223 e. The first kappa shape index (κ1) is 20.4. The third-order valence-electron chi connectivity index (χ3n) is 5.82. The molecule has 2 aliphatic rings. The normalized spacial score (nSPS) is 24.8. The lowest BCUT2D eigenvalue weighted by Gasteiger charge is -2.19. The number of nitrogens with one attached hydrogen (secondary N) is 2. The molecule has 0 bridgehead atoms. The monoisotopic (exact) mass is 437 g/mol. The zero-order valence-electron chi connectivity index (χ0n) is 17.7. The van der Waals surface area contributed by atoms with Crippen LogP contribution in [0, 0.1) is 0 Å². The summed E-state index contributed by atoms with van der Waals surface area (Å²) in [6.45, 7) is 2.01. The van der Waals surface area contributed by atoms with Gasteiger partial charge < -0.3 is 25.0 Å². The molecule has 31 heavy (non-hydrogen) atoms. The Morgan fingerprint density at radius 1 is 1.03 bits per heavy atom. The molecule has 1 aromatic carbocycles. The Kier molecular flexibility index (Phi) is 5.87. The molecular formula is C23H27N5O2S. The Morgan fingerprint density at radius 2 is 1.81 bits per heavy atom. The van der Waals surface area contributed by atoms with Crippen molar-refractivity contribution in [3.8, 4) is 10.6 Å². The number of aromatic nitrogens is 2. The molecule has 3 aromatic rings. The molecule has 2 aromatic heterocycles. The van der Waals surface area contributed by atoms with E-state index in [1.54, 1.807) is 17.5 Å². The molecule has 0 radical (unpaired) electrons. The van der Waals surface area contributed by atoms with Crippen molar-refractivity contribution in [1.29, 1.82) is 0 Å². The van der Waals surface area contributed by atoms with Gasteiger partial charge in [0.15, 0.2) is 0 Å². The minimum atomic E-state index is -0.0115. The third kappa shape index (κ3) is 4.43. The van der Waals surface area contributed by atoms with Gasteiger partial charge in [-0.1, -0.05) is 18.2 Å². The lowest BCUT2D eigenvalue weighted by molar-refractivity contribution is 0.0675. The van der Waals surface area contributed by atoms with Crippen LogP contribution in [-0.2, 0) is 16.0 Å². The van der Waals surface area contributed by atoms with Crippen LogP contribution in [0.3, 0.4) is 0 Å². The maximum atomic E-state index is 6.11. The van der Waals surface area contributed by atoms with E-state index in [0.717, 1.165) is 17.1 Å². The minimum Gasteiger partial charge on any atom is -0.378 e. The molecule has 2 saturated heterocycles. The second-order valence-corrected chi connectivity index (χ2v) is 9.09. The SMILES string of the molecule is CN(C)c1ccc(CNC2COC3C(Nc4nccc(-c5cccs5)n4)COC23)cc1. The van der Waals surface area contributed by atoms with Crippen molar-refractivity contribution in [2.45, 2.75) is 30.8 Å². The highest BCUT2D eigenvalue weighted by atomic mass is 32.1. The van der Waals surface area contributed by atoms with E-state index in [-0.39, 0.29) is 24.3 Å². The molecule has 5 rings (SSSR count). The second-order valence-electron chi connectivity index (χ2n) is 8.14. The third-order valence-corrected chi connectivity index (χ3v) is 6.71. The molecule has 0 saturated carbocycles. The van der Waals surface area contributed by atoms with Gasteiger partial charge in [-0.25, -0.2) is 9.97 Å². The van der Waals surface area contributed by atoms with Crippen molar-refractivity contribution in [2.75, 3.05) is 37.5 Å². The fourth-order valence-corrected chi connectivity index (χ4v) is 4.81. The highest BCUT2D eigenvalue weighted by Crippen LogP contribution is 2.29. The van der Waals surface area contributed by atoms with Crippen molar-refractivity contribution >= 4 is 23.0 Å². The van der Waals surface area contributed by atoms with Crippen LogP contribution in [0.2, 0.25) is 0 Å². The predicted molar refractivity (Wildman–Crippen MR) is 124 cm³/mol. The van der Waals surface area contributed by atoms with Gasteiger partial charge in [0.25, 0.3) is 0 Å². The number of nitrogens with zero attached hydrogens (tertiary/aromatic N) is 3. The van der Waals surface area contributed by atoms with Gasteiger partial charge in [0.05, 0.1) is 35.9 Å². The minimum absolute atomic E-state index is 0.0115. The van der Waals surface area contributed by atoms with E-state index in [9.17, 15) is 0 Å². The predicted octanol–water partition coefficient (Wildman–Crippen LogP) is 3.01. The fourth-order valence-electron chi connectivity index (χ4n) is 4.11. The summed E-state index contributed by atoms with van der Waals surface area (Å²) in [6, 6.07) is 14.8. The van der Waals surface area contributed by atoms with Crippen LogP contribution < -0.4 is 15.5 Å². The van der Waals surface area contributed by atoms with Crippen molar-refractivity contribution in [3.05, 3.63) is 59.6 Å². The van der Waals surface area contributed by atoms with Gasteiger partial charge in [-0.2, -0.15) is 0 Å². The molecule has 2 fully saturated rings. The van der Waals surface area contributed by atoms with Crippen molar-refractivity contribution in [2.24, 2.45) is 0 Å². The number of benzene rings is 1. The molecule has 0 amide bonds. The molecular weight excluding hydrogens is 410 g/mol. The maximum absolute atomic E-state index is 6.11. The molecule has 2 aliphatic heterocycles. The van der Waals surface area contributed by atoms with E-state index in [2.05, 4.69) is 75.3 Å². The van der Waals surface area contributed by atoms with Gasteiger partial charge in [0.1, 0.15) is 12.2 Å². The second kappa shape index (κ2) is 8.92. The molecule has 2 N–H and O–H groups in total. The zero-order chi connectivity index (χ0) is 21.2. The highest BCUT2D eigenvalue weighted by molar-refractivity contribution is 7.13. The first-order chi connectivity index (χ1) is 15.2. The Bertz CT molecular complexity index is 995. The molecule has 4 unspecified atom stereocenters. The largest absolute Gasteiger partial charge is 0.378 e. The summed E-state index contributed by atoms with van der Waals surface area (Å²) in [5.74, 6) is 0.612. The molecule has 4 atom stereocenters. The zero-order valence-corrected chi connectivity index (χ0v) is 18.5. The van der Waals surface area contributed by atoms with Gasteiger partial charge in [-0.05, 0) is 35.2 Å². The summed E-state index contributed by atoms with van der Waals surface area (Å²) in [5.41, 5.74) is 3.38. The van der Waals surface area contributed by atoms with Gasteiger partial charge in [0.2, 0.25) is 5.95 Å². The summed E-state index contributed by atoms with van der Waals surface area (Å²) >= 11 is 1.67. The Hall–Kier alpha value is -2.52. The van der Waals surface area contributed by atoms with E-state index in [1.807, 2.05) is 12.1 Å². The first-order valence-electron chi connectivity index (χ1n) is 10.5. The number of anilines is 2. The van der Waals surface area contributed by atoms with Crippen LogP contribution in [0.1, 0.15) is 5.56 Å². The average Bonchev–Trinajstić information content (AvgIpc) is 3.53. The van der Waals surface area contributed by atoms with Crippen LogP contribution in [-0.4, -0.2) is 61.6 Å². The van der Waals surface area contributed by atoms with Gasteiger partial charge in [-0.3, -0.25) is 0 Å². The molecule has 0 spiro atoms. The number of hydrogen-bond donors (Lipinski definition) is 2. The van der Waals surface area contributed by atoms with Crippen molar-refractivity contribution < 1.29 is 9.47 Å².